The number of hydrogen-bond acceptors (Lipinski definition) is 3. The number of ether oxygens (including phenoxy) is 1. The van der Waals surface area contributed by atoms with E-state index in [9.17, 15) is 9.59 Å². The SMILES string of the molecule is COC(C)(C)CC(C)NC(=O)NC1CCC(C(=O)O)CC1. The van der Waals surface area contributed by atoms with Crippen molar-refractivity contribution in [3.8, 4) is 0 Å². The lowest BCUT2D eigenvalue weighted by atomic mass is 9.86. The van der Waals surface area contributed by atoms with Gasteiger partial charge in [-0.1, -0.05) is 0 Å². The molecule has 0 bridgehead atoms. The molecule has 0 aromatic carbocycles. The van der Waals surface area contributed by atoms with Gasteiger partial charge in [0.25, 0.3) is 0 Å². The molecular weight excluding hydrogens is 272 g/mol. The fourth-order valence-corrected chi connectivity index (χ4v) is 2.81. The van der Waals surface area contributed by atoms with Crippen LogP contribution in [0.15, 0.2) is 0 Å². The summed E-state index contributed by atoms with van der Waals surface area (Å²) in [6, 6.07) is -0.105. The second-order valence-corrected chi connectivity index (χ2v) is 6.57. The topological polar surface area (TPSA) is 87.7 Å². The predicted molar refractivity (Wildman–Crippen MR) is 80.2 cm³/mol. The van der Waals surface area contributed by atoms with E-state index >= 15 is 0 Å². The number of carboxylic acids is 1. The molecule has 0 saturated heterocycles. The Hall–Kier alpha value is -1.30. The van der Waals surface area contributed by atoms with E-state index in [1.165, 1.54) is 0 Å². The Bertz CT molecular complexity index is 363. The van der Waals surface area contributed by atoms with E-state index in [0.717, 1.165) is 19.3 Å². The van der Waals surface area contributed by atoms with E-state index in [1.54, 1.807) is 7.11 Å². The fourth-order valence-electron chi connectivity index (χ4n) is 2.81. The zero-order chi connectivity index (χ0) is 16.0. The smallest absolute Gasteiger partial charge is 0.315 e. The molecule has 1 atom stereocenters. The number of aliphatic carboxylic acids is 1. The van der Waals surface area contributed by atoms with Crippen LogP contribution in [0.5, 0.6) is 0 Å². The van der Waals surface area contributed by atoms with Crippen molar-refractivity contribution in [3.05, 3.63) is 0 Å². The van der Waals surface area contributed by atoms with Gasteiger partial charge in [-0.3, -0.25) is 4.79 Å². The van der Waals surface area contributed by atoms with Crippen molar-refractivity contribution in [2.75, 3.05) is 7.11 Å². The number of carbonyl (C=O) groups excluding carboxylic acids is 1. The number of carbonyl (C=O) groups is 2. The zero-order valence-corrected chi connectivity index (χ0v) is 13.4. The van der Waals surface area contributed by atoms with Crippen molar-refractivity contribution < 1.29 is 19.4 Å². The van der Waals surface area contributed by atoms with Crippen molar-refractivity contribution in [1.82, 2.24) is 10.6 Å². The number of carboxylic acid groups (broad SMARTS) is 1. The molecule has 1 rings (SSSR count). The first-order valence-corrected chi connectivity index (χ1v) is 7.58. The number of methoxy groups -OCH3 is 1. The van der Waals surface area contributed by atoms with Gasteiger partial charge in [0.1, 0.15) is 0 Å². The second kappa shape index (κ2) is 7.64. The molecule has 0 aliphatic heterocycles. The van der Waals surface area contributed by atoms with E-state index in [4.69, 9.17) is 9.84 Å². The number of hydrogen-bond donors (Lipinski definition) is 3. The van der Waals surface area contributed by atoms with Gasteiger partial charge >= 0.3 is 12.0 Å². The van der Waals surface area contributed by atoms with Crippen LogP contribution in [0.3, 0.4) is 0 Å². The third-order valence-electron chi connectivity index (χ3n) is 4.14. The second-order valence-electron chi connectivity index (χ2n) is 6.57. The van der Waals surface area contributed by atoms with Gasteiger partial charge in [0.2, 0.25) is 0 Å². The summed E-state index contributed by atoms with van der Waals surface area (Å²) < 4.78 is 5.35. The Morgan fingerprint density at radius 2 is 1.86 bits per heavy atom. The number of rotatable bonds is 6. The Morgan fingerprint density at radius 1 is 1.29 bits per heavy atom. The highest BCUT2D eigenvalue weighted by molar-refractivity contribution is 5.74. The molecule has 2 amide bonds. The summed E-state index contributed by atoms with van der Waals surface area (Å²) in [5.41, 5.74) is -0.272. The number of urea groups is 1. The van der Waals surface area contributed by atoms with E-state index in [2.05, 4.69) is 10.6 Å². The average Bonchev–Trinajstić information content (AvgIpc) is 2.38. The first-order chi connectivity index (χ1) is 9.73. The molecule has 1 aliphatic rings. The van der Waals surface area contributed by atoms with E-state index < -0.39 is 5.97 Å². The van der Waals surface area contributed by atoms with E-state index in [0.29, 0.717) is 12.8 Å². The normalized spacial score (nSPS) is 24.2. The first-order valence-electron chi connectivity index (χ1n) is 7.58. The van der Waals surface area contributed by atoms with E-state index in [-0.39, 0.29) is 29.6 Å². The lowest BCUT2D eigenvalue weighted by Crippen LogP contribution is -2.48. The maximum atomic E-state index is 11.9. The molecule has 6 heteroatoms. The summed E-state index contributed by atoms with van der Waals surface area (Å²) in [5.74, 6) is -0.985. The minimum atomic E-state index is -0.728. The molecule has 0 spiro atoms. The monoisotopic (exact) mass is 300 g/mol. The van der Waals surface area contributed by atoms with Crippen molar-refractivity contribution in [2.24, 2.45) is 5.92 Å². The van der Waals surface area contributed by atoms with Crippen LogP contribution >= 0.6 is 0 Å². The molecule has 0 aromatic heterocycles. The van der Waals surface area contributed by atoms with Crippen molar-refractivity contribution in [2.45, 2.75) is 70.6 Å². The van der Waals surface area contributed by atoms with Gasteiger partial charge in [-0.2, -0.15) is 0 Å². The quantitative estimate of drug-likeness (QED) is 0.701. The molecule has 0 radical (unpaired) electrons. The molecule has 3 N–H and O–H groups in total. The molecule has 122 valence electrons. The molecule has 0 aromatic rings. The summed E-state index contributed by atoms with van der Waals surface area (Å²) in [5, 5.41) is 14.8. The highest BCUT2D eigenvalue weighted by Gasteiger charge is 2.27. The first kappa shape index (κ1) is 17.8. The van der Waals surface area contributed by atoms with Crippen LogP contribution in [-0.2, 0) is 9.53 Å². The van der Waals surface area contributed by atoms with Crippen molar-refractivity contribution >= 4 is 12.0 Å². The molecule has 1 fully saturated rings. The van der Waals surface area contributed by atoms with Gasteiger partial charge in [0.05, 0.1) is 11.5 Å². The maximum absolute atomic E-state index is 11.9. The van der Waals surface area contributed by atoms with Crippen LogP contribution in [0.2, 0.25) is 0 Å². The zero-order valence-electron chi connectivity index (χ0n) is 13.4. The van der Waals surface area contributed by atoms with Crippen LogP contribution in [0, 0.1) is 5.92 Å². The average molecular weight is 300 g/mol. The van der Waals surface area contributed by atoms with Gasteiger partial charge in [-0.25, -0.2) is 4.79 Å². The molecule has 0 heterocycles. The number of nitrogens with one attached hydrogen (secondary N) is 2. The Kier molecular flexibility index (Phi) is 6.45. The summed E-state index contributed by atoms with van der Waals surface area (Å²) in [7, 11) is 1.66. The summed E-state index contributed by atoms with van der Waals surface area (Å²) >= 11 is 0. The third kappa shape index (κ3) is 6.33. The third-order valence-corrected chi connectivity index (χ3v) is 4.14. The van der Waals surface area contributed by atoms with Crippen LogP contribution < -0.4 is 10.6 Å². The molecule has 1 saturated carbocycles. The Morgan fingerprint density at radius 3 is 2.33 bits per heavy atom. The Balaban J connectivity index is 2.30. The van der Waals surface area contributed by atoms with Crippen LogP contribution in [-0.4, -0.2) is 41.9 Å². The lowest BCUT2D eigenvalue weighted by Gasteiger charge is -2.29. The fraction of sp³-hybridized carbons (Fsp3) is 0.867. The van der Waals surface area contributed by atoms with Gasteiger partial charge in [-0.05, 0) is 52.9 Å². The van der Waals surface area contributed by atoms with E-state index in [1.807, 2.05) is 20.8 Å². The minimum absolute atomic E-state index is 0.00955. The van der Waals surface area contributed by atoms with Gasteiger partial charge in [-0.15, -0.1) is 0 Å². The largest absolute Gasteiger partial charge is 0.481 e. The minimum Gasteiger partial charge on any atom is -0.481 e. The maximum Gasteiger partial charge on any atom is 0.315 e. The van der Waals surface area contributed by atoms with Crippen molar-refractivity contribution in [1.29, 1.82) is 0 Å². The molecular formula is C15H28N2O4. The highest BCUT2D eigenvalue weighted by atomic mass is 16.5. The molecule has 1 unspecified atom stereocenters. The molecule has 1 aliphatic carbocycles. The van der Waals surface area contributed by atoms with Crippen molar-refractivity contribution in [3.63, 3.8) is 0 Å². The highest BCUT2D eigenvalue weighted by Crippen LogP contribution is 2.24. The van der Waals surface area contributed by atoms with Gasteiger partial charge in [0, 0.05) is 19.2 Å². The lowest BCUT2D eigenvalue weighted by molar-refractivity contribution is -0.142. The molecule has 21 heavy (non-hydrogen) atoms. The Labute approximate surface area is 126 Å². The standard InChI is InChI=1S/C15H28N2O4/c1-10(9-15(2,3)21-4)16-14(20)17-12-7-5-11(6-8-12)13(18)19/h10-12H,5-9H2,1-4H3,(H,18,19)(H2,16,17,20). The van der Waals surface area contributed by atoms with Gasteiger partial charge in [0.15, 0.2) is 0 Å². The molecule has 6 nitrogen and oxygen atoms in total. The van der Waals surface area contributed by atoms with Crippen LogP contribution in [0.4, 0.5) is 4.79 Å². The van der Waals surface area contributed by atoms with Crippen LogP contribution in [0.1, 0.15) is 52.9 Å². The van der Waals surface area contributed by atoms with Crippen LogP contribution in [0.25, 0.3) is 0 Å². The summed E-state index contributed by atoms with van der Waals surface area (Å²) in [4.78, 5) is 22.8. The predicted octanol–water partition coefficient (Wildman–Crippen LogP) is 2.13. The summed E-state index contributed by atoms with van der Waals surface area (Å²) in [6.07, 6.45) is 3.44. The summed E-state index contributed by atoms with van der Waals surface area (Å²) in [6.45, 7) is 5.91. The van der Waals surface area contributed by atoms with Gasteiger partial charge < -0.3 is 20.5 Å². The number of amides is 2.